The van der Waals surface area contributed by atoms with Crippen LogP contribution in [0, 0.1) is 13.8 Å². The van der Waals surface area contributed by atoms with Gasteiger partial charge in [0, 0.05) is 31.5 Å². The molecule has 28 heavy (non-hydrogen) atoms. The Labute approximate surface area is 168 Å². The summed E-state index contributed by atoms with van der Waals surface area (Å²) >= 11 is 1.36. The van der Waals surface area contributed by atoms with E-state index in [4.69, 9.17) is 0 Å². The number of nitrogens with one attached hydrogen (secondary N) is 1. The van der Waals surface area contributed by atoms with Crippen LogP contribution in [0.25, 0.3) is 11.4 Å². The third kappa shape index (κ3) is 3.99. The fourth-order valence-corrected chi connectivity index (χ4v) is 3.63. The molecule has 0 spiro atoms. The number of thioether (sulfide) groups is 1. The molecule has 0 radical (unpaired) electrons. The van der Waals surface area contributed by atoms with Crippen LogP contribution in [-0.4, -0.2) is 40.7 Å². The van der Waals surface area contributed by atoms with Crippen molar-refractivity contribution in [2.45, 2.75) is 37.7 Å². The first-order valence-corrected chi connectivity index (χ1v) is 9.72. The second-order valence-corrected chi connectivity index (χ2v) is 7.67. The van der Waals surface area contributed by atoms with Gasteiger partial charge in [0.25, 0.3) is 0 Å². The van der Waals surface area contributed by atoms with Crippen LogP contribution in [0.3, 0.4) is 0 Å². The van der Waals surface area contributed by atoms with E-state index in [-0.39, 0.29) is 11.2 Å². The van der Waals surface area contributed by atoms with Gasteiger partial charge in [0.15, 0.2) is 11.0 Å². The predicted octanol–water partition coefficient (Wildman–Crippen LogP) is 3.00. The number of hydrogen-bond acceptors (Lipinski definition) is 6. The molecule has 9 heteroatoms. The van der Waals surface area contributed by atoms with Crippen LogP contribution in [-0.2, 0) is 18.4 Å². The Morgan fingerprint density at radius 2 is 2.04 bits per heavy atom. The molecule has 1 atom stereocenters. The summed E-state index contributed by atoms with van der Waals surface area (Å²) in [7, 11) is 1.86. The zero-order valence-electron chi connectivity index (χ0n) is 16.4. The average Bonchev–Trinajstić information content (AvgIpc) is 3.18. The Morgan fingerprint density at radius 1 is 1.32 bits per heavy atom. The van der Waals surface area contributed by atoms with Crippen molar-refractivity contribution >= 4 is 23.4 Å². The number of pyridine rings is 1. The summed E-state index contributed by atoms with van der Waals surface area (Å²) in [6, 6.07) is 3.75. The lowest BCUT2D eigenvalue weighted by atomic mass is 10.2. The smallest absolute Gasteiger partial charge is 0.237 e. The lowest BCUT2D eigenvalue weighted by Crippen LogP contribution is -2.23. The van der Waals surface area contributed by atoms with Crippen LogP contribution in [0.5, 0.6) is 0 Å². The number of amides is 1. The largest absolute Gasteiger partial charge is 0.322 e. The Kier molecular flexibility index (Phi) is 5.93. The lowest BCUT2D eigenvalue weighted by Gasteiger charge is -2.13. The van der Waals surface area contributed by atoms with E-state index in [1.807, 2.05) is 44.5 Å². The number of aromatic nitrogens is 6. The van der Waals surface area contributed by atoms with Gasteiger partial charge in [0.1, 0.15) is 0 Å². The first kappa shape index (κ1) is 19.8. The topological polar surface area (TPSA) is 90.5 Å². The van der Waals surface area contributed by atoms with Gasteiger partial charge in [-0.05, 0) is 32.9 Å². The molecule has 0 aliphatic carbocycles. The van der Waals surface area contributed by atoms with E-state index in [9.17, 15) is 4.79 Å². The molecule has 8 nitrogen and oxygen atoms in total. The van der Waals surface area contributed by atoms with E-state index < -0.39 is 0 Å². The molecule has 1 N–H and O–H groups in total. The molecule has 3 aromatic rings. The number of carbonyl (C=O) groups is 1. The molecule has 3 aromatic heterocycles. The number of hydrogen-bond donors (Lipinski definition) is 1. The second-order valence-electron chi connectivity index (χ2n) is 6.36. The Hall–Kier alpha value is -2.94. The molecule has 0 unspecified atom stereocenters. The summed E-state index contributed by atoms with van der Waals surface area (Å²) in [5, 5.41) is 16.2. The number of aryl methyl sites for hydroxylation is 2. The van der Waals surface area contributed by atoms with Crippen molar-refractivity contribution in [3.8, 4) is 11.4 Å². The van der Waals surface area contributed by atoms with Crippen molar-refractivity contribution in [2.75, 3.05) is 5.32 Å². The maximum atomic E-state index is 12.7. The van der Waals surface area contributed by atoms with E-state index in [1.54, 1.807) is 23.2 Å². The Bertz CT molecular complexity index is 993. The molecule has 0 aliphatic heterocycles. The highest BCUT2D eigenvalue weighted by Crippen LogP contribution is 2.28. The highest BCUT2D eigenvalue weighted by atomic mass is 32.2. The minimum absolute atomic E-state index is 0.109. The fraction of sp³-hybridized carbons (Fsp3) is 0.316. The van der Waals surface area contributed by atoms with E-state index in [0.29, 0.717) is 11.7 Å². The molecular formula is C19H23N7OS. The zero-order valence-corrected chi connectivity index (χ0v) is 17.2. The molecule has 146 valence electrons. The van der Waals surface area contributed by atoms with Crippen molar-refractivity contribution < 1.29 is 4.79 Å². The van der Waals surface area contributed by atoms with Gasteiger partial charge in [0.05, 0.1) is 22.3 Å². The van der Waals surface area contributed by atoms with Crippen LogP contribution in [0.1, 0.15) is 18.3 Å². The van der Waals surface area contributed by atoms with Crippen LogP contribution < -0.4 is 5.32 Å². The minimum atomic E-state index is -0.364. The number of rotatable bonds is 7. The predicted molar refractivity (Wildman–Crippen MR) is 110 cm³/mol. The maximum absolute atomic E-state index is 12.7. The molecule has 0 aromatic carbocycles. The molecule has 0 saturated carbocycles. The Balaban J connectivity index is 1.80. The number of anilines is 1. The Morgan fingerprint density at radius 3 is 2.64 bits per heavy atom. The average molecular weight is 398 g/mol. The highest BCUT2D eigenvalue weighted by molar-refractivity contribution is 8.00. The van der Waals surface area contributed by atoms with E-state index in [2.05, 4.69) is 32.2 Å². The molecular weight excluding hydrogens is 374 g/mol. The summed E-state index contributed by atoms with van der Waals surface area (Å²) < 4.78 is 3.70. The monoisotopic (exact) mass is 397 g/mol. The van der Waals surface area contributed by atoms with Crippen LogP contribution in [0.2, 0.25) is 0 Å². The first-order chi connectivity index (χ1) is 13.4. The van der Waals surface area contributed by atoms with E-state index >= 15 is 0 Å². The van der Waals surface area contributed by atoms with Crippen molar-refractivity contribution in [1.29, 1.82) is 0 Å². The van der Waals surface area contributed by atoms with Crippen molar-refractivity contribution in [3.05, 3.63) is 48.6 Å². The summed E-state index contributed by atoms with van der Waals surface area (Å²) in [5.41, 5.74) is 3.37. The standard InChI is InChI=1S/C19H23N7OS/c1-6-11-26-17(15-7-9-20-10-8-15)22-23-19(26)28-14(4)18(27)21-16-12(2)24-25(5)13(16)3/h6-10,14H,1,11H2,2-5H3,(H,21,27)/t14-/m0/s1. The molecule has 0 saturated heterocycles. The normalized spacial score (nSPS) is 12.0. The van der Waals surface area contributed by atoms with Crippen molar-refractivity contribution in [3.63, 3.8) is 0 Å². The molecule has 0 aliphatic rings. The van der Waals surface area contributed by atoms with Gasteiger partial charge in [-0.15, -0.1) is 16.8 Å². The first-order valence-electron chi connectivity index (χ1n) is 8.84. The SMILES string of the molecule is C=CCn1c(S[C@@H](C)C(=O)Nc2c(C)nn(C)c2C)nnc1-c1ccncc1. The van der Waals surface area contributed by atoms with Crippen LogP contribution in [0.4, 0.5) is 5.69 Å². The van der Waals surface area contributed by atoms with Gasteiger partial charge in [-0.1, -0.05) is 17.8 Å². The van der Waals surface area contributed by atoms with Gasteiger partial charge in [-0.3, -0.25) is 19.0 Å². The molecule has 3 heterocycles. The van der Waals surface area contributed by atoms with Crippen LogP contribution in [0.15, 0.2) is 42.3 Å². The molecule has 3 rings (SSSR count). The molecule has 1 amide bonds. The van der Waals surface area contributed by atoms with E-state index in [0.717, 1.165) is 28.5 Å². The second kappa shape index (κ2) is 8.39. The van der Waals surface area contributed by atoms with Gasteiger partial charge in [-0.2, -0.15) is 5.10 Å². The maximum Gasteiger partial charge on any atom is 0.237 e. The number of carbonyl (C=O) groups excluding carboxylic acids is 1. The summed E-state index contributed by atoms with van der Waals surface area (Å²) in [6.45, 7) is 10.0. The number of nitrogens with zero attached hydrogens (tertiary/aromatic N) is 6. The van der Waals surface area contributed by atoms with Crippen molar-refractivity contribution in [2.24, 2.45) is 7.05 Å². The zero-order chi connectivity index (χ0) is 20.3. The minimum Gasteiger partial charge on any atom is -0.322 e. The molecule has 0 bridgehead atoms. The molecule has 0 fully saturated rings. The summed E-state index contributed by atoms with van der Waals surface area (Å²) in [4.78, 5) is 16.8. The van der Waals surface area contributed by atoms with Gasteiger partial charge in [0.2, 0.25) is 5.91 Å². The van der Waals surface area contributed by atoms with Gasteiger partial charge >= 0.3 is 0 Å². The van der Waals surface area contributed by atoms with Gasteiger partial charge < -0.3 is 5.32 Å². The third-order valence-corrected chi connectivity index (χ3v) is 5.46. The van der Waals surface area contributed by atoms with E-state index in [1.165, 1.54) is 11.8 Å². The highest BCUT2D eigenvalue weighted by Gasteiger charge is 2.22. The fourth-order valence-electron chi connectivity index (χ4n) is 2.78. The number of allylic oxidation sites excluding steroid dienone is 1. The summed E-state index contributed by atoms with van der Waals surface area (Å²) in [6.07, 6.45) is 5.21. The van der Waals surface area contributed by atoms with Gasteiger partial charge in [-0.25, -0.2) is 0 Å². The van der Waals surface area contributed by atoms with Crippen LogP contribution >= 0.6 is 11.8 Å². The van der Waals surface area contributed by atoms with Crippen molar-refractivity contribution in [1.82, 2.24) is 29.5 Å². The lowest BCUT2D eigenvalue weighted by molar-refractivity contribution is -0.115. The summed E-state index contributed by atoms with van der Waals surface area (Å²) in [5.74, 6) is 0.610. The third-order valence-electron chi connectivity index (χ3n) is 4.38. The quantitative estimate of drug-likeness (QED) is 0.487.